The van der Waals surface area contributed by atoms with E-state index in [1.54, 1.807) is 4.57 Å². The first kappa shape index (κ1) is 24.8. The lowest BCUT2D eigenvalue weighted by Crippen LogP contribution is -2.42. The molecule has 1 aliphatic heterocycles. The van der Waals surface area contributed by atoms with E-state index in [1.165, 1.54) is 6.07 Å². The Labute approximate surface area is 204 Å². The molecule has 35 heavy (non-hydrogen) atoms. The summed E-state index contributed by atoms with van der Waals surface area (Å²) in [4.78, 5) is 49.7. The molecule has 2 aliphatic rings. The molecule has 11 heteroatoms. The van der Waals surface area contributed by atoms with E-state index >= 15 is 0 Å². The summed E-state index contributed by atoms with van der Waals surface area (Å²) in [6.45, 7) is 0.405. The predicted molar refractivity (Wildman–Crippen MR) is 123 cm³/mol. The van der Waals surface area contributed by atoms with Crippen molar-refractivity contribution in [1.29, 1.82) is 0 Å². The number of rotatable bonds is 7. The maximum absolute atomic E-state index is 13.5. The Balaban J connectivity index is 1.49. The molecule has 0 radical (unpaired) electrons. The normalized spacial score (nSPS) is 19.2. The molecule has 0 spiro atoms. The van der Waals surface area contributed by atoms with Gasteiger partial charge in [0, 0.05) is 36.5 Å². The third kappa shape index (κ3) is 5.22. The van der Waals surface area contributed by atoms with Gasteiger partial charge in [-0.15, -0.1) is 0 Å². The Hall–Kier alpha value is -3.27. The van der Waals surface area contributed by atoms with Crippen molar-refractivity contribution in [3.63, 3.8) is 0 Å². The molecule has 0 saturated heterocycles. The van der Waals surface area contributed by atoms with Gasteiger partial charge in [-0.25, -0.2) is 8.78 Å². The minimum atomic E-state index is -1.12. The highest BCUT2D eigenvalue weighted by Crippen LogP contribution is 2.34. The Bertz CT molecular complexity index is 1200. The number of carboxylic acid groups (broad SMARTS) is 1. The molecule has 2 amide bonds. The molecule has 0 unspecified atom stereocenters. The number of hydrogen-bond donors (Lipinski definition) is 3. The molecule has 1 aromatic heterocycles. The molecular formula is C24H24ClF2N3O5. The summed E-state index contributed by atoms with van der Waals surface area (Å²) in [5, 5.41) is 14.0. The number of carbonyl (C=O) groups excluding carboxylic acids is 3. The van der Waals surface area contributed by atoms with Gasteiger partial charge < -0.3 is 20.3 Å². The van der Waals surface area contributed by atoms with Crippen molar-refractivity contribution in [2.45, 2.75) is 57.5 Å². The third-order valence-corrected chi connectivity index (χ3v) is 6.95. The van der Waals surface area contributed by atoms with Crippen molar-refractivity contribution in [3.05, 3.63) is 51.8 Å². The molecule has 4 rings (SSSR count). The molecule has 8 nitrogen and oxygen atoms in total. The number of nitrogens with one attached hydrogen (secondary N) is 2. The fourth-order valence-corrected chi connectivity index (χ4v) is 5.26. The van der Waals surface area contributed by atoms with Crippen molar-refractivity contribution in [2.75, 3.05) is 5.32 Å². The maximum atomic E-state index is 13.5. The van der Waals surface area contributed by atoms with E-state index in [1.807, 2.05) is 0 Å². The molecule has 1 fully saturated rings. The van der Waals surface area contributed by atoms with Gasteiger partial charge in [-0.2, -0.15) is 0 Å². The van der Waals surface area contributed by atoms with E-state index in [9.17, 15) is 28.0 Å². The van der Waals surface area contributed by atoms with Crippen LogP contribution < -0.4 is 10.6 Å². The van der Waals surface area contributed by atoms with Crippen LogP contribution in [0, 0.1) is 17.6 Å². The highest BCUT2D eigenvalue weighted by Gasteiger charge is 2.35. The molecule has 1 saturated carbocycles. The summed E-state index contributed by atoms with van der Waals surface area (Å²) in [7, 11) is 0. The average Bonchev–Trinajstić information content (AvgIpc) is 3.36. The van der Waals surface area contributed by atoms with Crippen LogP contribution >= 0.6 is 11.6 Å². The zero-order valence-electron chi connectivity index (χ0n) is 18.7. The average molecular weight is 508 g/mol. The molecular weight excluding hydrogens is 484 g/mol. The highest BCUT2D eigenvalue weighted by atomic mass is 35.5. The van der Waals surface area contributed by atoms with Gasteiger partial charge in [0.05, 0.1) is 10.6 Å². The quantitative estimate of drug-likeness (QED) is 0.387. The van der Waals surface area contributed by atoms with Crippen molar-refractivity contribution in [2.24, 2.45) is 5.92 Å². The van der Waals surface area contributed by atoms with Gasteiger partial charge in [0.15, 0.2) is 11.6 Å². The number of carbonyl (C=O) groups is 4. The highest BCUT2D eigenvalue weighted by molar-refractivity contribution is 6.48. The van der Waals surface area contributed by atoms with Crippen LogP contribution in [0.5, 0.6) is 0 Å². The van der Waals surface area contributed by atoms with Crippen molar-refractivity contribution >= 4 is 40.9 Å². The first-order valence-electron chi connectivity index (χ1n) is 11.4. The minimum absolute atomic E-state index is 0.0204. The molecule has 0 atom stereocenters. The number of Topliss-reactive ketones (excluding diaryl/α,β-unsaturated/α-hetero) is 1. The molecule has 1 aromatic carbocycles. The zero-order valence-corrected chi connectivity index (χ0v) is 19.5. The van der Waals surface area contributed by atoms with Crippen LogP contribution in [0.1, 0.15) is 65.1 Å². The van der Waals surface area contributed by atoms with E-state index in [2.05, 4.69) is 10.6 Å². The van der Waals surface area contributed by atoms with Gasteiger partial charge in [0.2, 0.25) is 0 Å². The van der Waals surface area contributed by atoms with Crippen LogP contribution in [-0.4, -0.2) is 39.3 Å². The van der Waals surface area contributed by atoms with Gasteiger partial charge in [0.25, 0.3) is 17.6 Å². The number of halogens is 3. The lowest BCUT2D eigenvalue weighted by molar-refractivity contribution is -0.138. The molecule has 0 bridgehead atoms. The summed E-state index contributed by atoms with van der Waals surface area (Å²) in [5.74, 6) is -5.38. The van der Waals surface area contributed by atoms with Crippen LogP contribution in [0.4, 0.5) is 14.5 Å². The zero-order chi connectivity index (χ0) is 25.3. The van der Waals surface area contributed by atoms with Crippen molar-refractivity contribution < 1.29 is 33.1 Å². The lowest BCUT2D eigenvalue weighted by Gasteiger charge is -2.28. The minimum Gasteiger partial charge on any atom is -0.481 e. The van der Waals surface area contributed by atoms with E-state index in [0.29, 0.717) is 50.8 Å². The van der Waals surface area contributed by atoms with Gasteiger partial charge in [-0.05, 0) is 56.6 Å². The second kappa shape index (κ2) is 10.2. The summed E-state index contributed by atoms with van der Waals surface area (Å²) in [5.41, 5.74) is 0.471. The molecule has 186 valence electrons. The van der Waals surface area contributed by atoms with E-state index in [0.717, 1.165) is 12.1 Å². The van der Waals surface area contributed by atoms with Crippen molar-refractivity contribution in [1.82, 2.24) is 9.88 Å². The van der Waals surface area contributed by atoms with Crippen LogP contribution in [0.3, 0.4) is 0 Å². The van der Waals surface area contributed by atoms with Gasteiger partial charge in [-0.3, -0.25) is 19.2 Å². The van der Waals surface area contributed by atoms with Crippen molar-refractivity contribution in [3.8, 4) is 0 Å². The largest absolute Gasteiger partial charge is 0.481 e. The fraction of sp³-hybridized carbons (Fsp3) is 0.417. The number of aromatic nitrogens is 1. The van der Waals surface area contributed by atoms with Crippen LogP contribution in [-0.2, 0) is 22.6 Å². The number of nitrogens with zero attached hydrogens (tertiary/aromatic N) is 1. The van der Waals surface area contributed by atoms with Crippen LogP contribution in [0.2, 0.25) is 5.02 Å². The van der Waals surface area contributed by atoms with Crippen LogP contribution in [0.25, 0.3) is 0 Å². The number of hydrogen-bond acceptors (Lipinski definition) is 4. The van der Waals surface area contributed by atoms with E-state index in [-0.39, 0.29) is 40.3 Å². The lowest BCUT2D eigenvalue weighted by atomic mass is 9.84. The van der Waals surface area contributed by atoms with E-state index < -0.39 is 35.2 Å². The number of aliphatic carboxylic acids is 1. The predicted octanol–water partition coefficient (Wildman–Crippen LogP) is 3.95. The summed E-state index contributed by atoms with van der Waals surface area (Å²) >= 11 is 6.44. The number of fused-ring (bicyclic) bond motifs is 1. The molecule has 2 heterocycles. The number of benzene rings is 1. The number of amides is 2. The summed E-state index contributed by atoms with van der Waals surface area (Å²) < 4.78 is 28.3. The standard InChI is InChI=1S/C24H24ClF2N3O5/c25-20-19(23(34)29-14-7-8-15(26)16(27)11-14)17-2-1-9-30(17)21(20)22(33)24(35)28-13-5-3-12(4-6-13)10-18(31)32/h7-8,11-13H,1-6,9-10H2,(H,28,35)(H,29,34)(H,31,32)/t12-,13+. The first-order chi connectivity index (χ1) is 16.7. The summed E-state index contributed by atoms with van der Waals surface area (Å²) in [6, 6.07) is 2.66. The second-order valence-electron chi connectivity index (χ2n) is 8.94. The first-order valence-corrected chi connectivity index (χ1v) is 11.8. The number of anilines is 1. The number of ketones is 1. The smallest absolute Gasteiger partial charge is 0.303 e. The topological polar surface area (TPSA) is 118 Å². The SMILES string of the molecule is O=C(O)C[C@H]1CC[C@@H](NC(=O)C(=O)c2c(Cl)c(C(=O)Nc3ccc(F)c(F)c3)c3n2CCC3)CC1. The maximum Gasteiger partial charge on any atom is 0.303 e. The fourth-order valence-electron chi connectivity index (χ4n) is 4.88. The Morgan fingerprint density at radius 3 is 2.46 bits per heavy atom. The van der Waals surface area contributed by atoms with E-state index in [4.69, 9.17) is 16.7 Å². The molecule has 1 aliphatic carbocycles. The summed E-state index contributed by atoms with van der Waals surface area (Å²) in [6.07, 6.45) is 3.61. The third-order valence-electron chi connectivity index (χ3n) is 6.58. The number of carboxylic acids is 1. The van der Waals surface area contributed by atoms with Gasteiger partial charge >= 0.3 is 5.97 Å². The van der Waals surface area contributed by atoms with Gasteiger partial charge in [-0.1, -0.05) is 11.6 Å². The van der Waals surface area contributed by atoms with Gasteiger partial charge in [0.1, 0.15) is 5.69 Å². The Morgan fingerprint density at radius 2 is 1.80 bits per heavy atom. The Morgan fingerprint density at radius 1 is 1.09 bits per heavy atom. The molecule has 3 N–H and O–H groups in total. The Kier molecular flexibility index (Phi) is 7.20. The monoisotopic (exact) mass is 507 g/mol. The second-order valence-corrected chi connectivity index (χ2v) is 9.32. The van der Waals surface area contributed by atoms with Crippen LogP contribution in [0.15, 0.2) is 18.2 Å². The molecule has 2 aromatic rings.